The minimum Gasteiger partial charge on any atom is -0.377 e. The number of para-hydroxylation sites is 1. The Labute approximate surface area is 157 Å². The molecule has 0 amide bonds. The summed E-state index contributed by atoms with van der Waals surface area (Å²) in [5.74, 6) is 0. The maximum absolute atomic E-state index is 12.6. The molecule has 2 atom stereocenters. The van der Waals surface area contributed by atoms with Crippen LogP contribution in [0.4, 0.5) is 0 Å². The summed E-state index contributed by atoms with van der Waals surface area (Å²) >= 11 is 0. The van der Waals surface area contributed by atoms with Gasteiger partial charge in [-0.3, -0.25) is 9.78 Å². The highest BCUT2D eigenvalue weighted by Crippen LogP contribution is 2.22. The van der Waals surface area contributed by atoms with Gasteiger partial charge in [0.05, 0.1) is 36.5 Å². The van der Waals surface area contributed by atoms with Crippen molar-refractivity contribution in [1.29, 1.82) is 0 Å². The fourth-order valence-electron chi connectivity index (χ4n) is 4.18. The van der Waals surface area contributed by atoms with Crippen LogP contribution in [0.25, 0.3) is 10.9 Å². The number of nitrogens with one attached hydrogen (secondary N) is 1. The van der Waals surface area contributed by atoms with Crippen molar-refractivity contribution in [3.63, 3.8) is 0 Å². The number of fused-ring (bicyclic) bond motifs is 2. The largest absolute Gasteiger partial charge is 0.377 e. The maximum atomic E-state index is 12.6. The average molecular weight is 362 g/mol. The monoisotopic (exact) mass is 362 g/mol. The number of pyridine rings is 1. The first kappa shape index (κ1) is 16.6. The lowest BCUT2D eigenvalue weighted by molar-refractivity contribution is 0.180. The minimum atomic E-state index is -0.0727. The van der Waals surface area contributed by atoms with E-state index >= 15 is 0 Å². The van der Waals surface area contributed by atoms with Gasteiger partial charge in [-0.25, -0.2) is 4.68 Å². The third-order valence-corrected chi connectivity index (χ3v) is 5.64. The Bertz CT molecular complexity index is 1040. The van der Waals surface area contributed by atoms with Crippen molar-refractivity contribution in [1.82, 2.24) is 20.1 Å². The number of rotatable bonds is 4. The molecule has 1 N–H and O–H groups in total. The van der Waals surface area contributed by atoms with E-state index in [-0.39, 0.29) is 17.6 Å². The van der Waals surface area contributed by atoms with E-state index in [0.717, 1.165) is 41.4 Å². The summed E-state index contributed by atoms with van der Waals surface area (Å²) in [5.41, 5.74) is 4.35. The molecule has 0 radical (unpaired) electrons. The molecule has 2 unspecified atom stereocenters. The second kappa shape index (κ2) is 6.87. The number of hydrogen-bond donors (Lipinski definition) is 1. The van der Waals surface area contributed by atoms with Gasteiger partial charge in [0, 0.05) is 24.2 Å². The van der Waals surface area contributed by atoms with Crippen molar-refractivity contribution in [3.05, 3.63) is 69.8 Å². The zero-order valence-corrected chi connectivity index (χ0v) is 15.1. The van der Waals surface area contributed by atoms with Crippen LogP contribution >= 0.6 is 0 Å². The Morgan fingerprint density at radius 2 is 2.11 bits per heavy atom. The van der Waals surface area contributed by atoms with Crippen LogP contribution < -0.4 is 10.9 Å². The molecule has 0 spiro atoms. The molecule has 0 saturated carbocycles. The van der Waals surface area contributed by atoms with E-state index in [2.05, 4.69) is 21.5 Å². The molecule has 6 heteroatoms. The van der Waals surface area contributed by atoms with E-state index in [1.165, 1.54) is 5.56 Å². The summed E-state index contributed by atoms with van der Waals surface area (Å²) in [6, 6.07) is 11.9. The number of benzene rings is 1. The lowest BCUT2D eigenvalue weighted by Crippen LogP contribution is -2.41. The zero-order valence-electron chi connectivity index (χ0n) is 15.1. The predicted molar refractivity (Wildman–Crippen MR) is 103 cm³/mol. The van der Waals surface area contributed by atoms with Crippen LogP contribution in [0.2, 0.25) is 0 Å². The smallest absolute Gasteiger partial charge is 0.267 e. The second-order valence-corrected chi connectivity index (χ2v) is 7.33. The topological polar surface area (TPSA) is 69.0 Å². The molecule has 1 saturated heterocycles. The van der Waals surface area contributed by atoms with Crippen molar-refractivity contribution in [3.8, 4) is 0 Å². The molecule has 2 aliphatic rings. The van der Waals surface area contributed by atoms with Crippen LogP contribution in [0, 0.1) is 0 Å². The molecule has 138 valence electrons. The van der Waals surface area contributed by atoms with Gasteiger partial charge >= 0.3 is 0 Å². The summed E-state index contributed by atoms with van der Waals surface area (Å²) < 4.78 is 7.34. The van der Waals surface area contributed by atoms with Gasteiger partial charge in [-0.05, 0) is 42.5 Å². The Morgan fingerprint density at radius 1 is 1.19 bits per heavy atom. The summed E-state index contributed by atoms with van der Waals surface area (Å²) in [7, 11) is 0. The van der Waals surface area contributed by atoms with Gasteiger partial charge in [-0.2, -0.15) is 5.10 Å². The highest BCUT2D eigenvalue weighted by atomic mass is 16.5. The SMILES string of the molecule is O=c1cc2c(nn1C1COCC1NCc1ccnc3ccccc13)CCC2. The lowest BCUT2D eigenvalue weighted by atomic mass is 10.1. The van der Waals surface area contributed by atoms with E-state index in [0.29, 0.717) is 19.8 Å². The number of nitrogens with zero attached hydrogens (tertiary/aromatic N) is 3. The lowest BCUT2D eigenvalue weighted by Gasteiger charge is -2.21. The van der Waals surface area contributed by atoms with E-state index in [1.807, 2.05) is 30.5 Å². The molecule has 3 heterocycles. The highest BCUT2D eigenvalue weighted by molar-refractivity contribution is 5.81. The highest BCUT2D eigenvalue weighted by Gasteiger charge is 2.32. The predicted octanol–water partition coefficient (Wildman–Crippen LogP) is 2.01. The molecule has 1 aromatic carbocycles. The standard InChI is InChI=1S/C21H22N4O2/c26-21-10-14-4-3-7-17(14)24-25(21)20-13-27-12-19(20)23-11-15-8-9-22-18-6-2-1-5-16(15)18/h1-2,5-6,8-10,19-20,23H,3-4,7,11-13H2. The fraction of sp³-hybridized carbons (Fsp3) is 0.381. The van der Waals surface area contributed by atoms with Crippen LogP contribution in [-0.2, 0) is 24.1 Å². The molecule has 27 heavy (non-hydrogen) atoms. The van der Waals surface area contributed by atoms with Crippen molar-refractivity contribution in [2.24, 2.45) is 0 Å². The molecule has 0 bridgehead atoms. The summed E-state index contributed by atoms with van der Waals surface area (Å²) in [6.45, 7) is 1.80. The van der Waals surface area contributed by atoms with E-state index in [4.69, 9.17) is 4.74 Å². The summed E-state index contributed by atoms with van der Waals surface area (Å²) in [4.78, 5) is 17.0. The van der Waals surface area contributed by atoms with Gasteiger partial charge in [0.1, 0.15) is 0 Å². The Morgan fingerprint density at radius 3 is 3.07 bits per heavy atom. The first-order valence-corrected chi connectivity index (χ1v) is 9.55. The van der Waals surface area contributed by atoms with Gasteiger partial charge in [0.25, 0.3) is 5.56 Å². The first-order valence-electron chi connectivity index (χ1n) is 9.55. The minimum absolute atomic E-state index is 0.0210. The second-order valence-electron chi connectivity index (χ2n) is 7.33. The van der Waals surface area contributed by atoms with Crippen LogP contribution in [0.15, 0.2) is 47.4 Å². The molecule has 1 fully saturated rings. The maximum Gasteiger partial charge on any atom is 0.267 e. The van der Waals surface area contributed by atoms with Gasteiger partial charge in [0.2, 0.25) is 0 Å². The molecule has 2 aromatic heterocycles. The fourth-order valence-corrected chi connectivity index (χ4v) is 4.18. The quantitative estimate of drug-likeness (QED) is 0.769. The first-order chi connectivity index (χ1) is 13.3. The van der Waals surface area contributed by atoms with Gasteiger partial charge < -0.3 is 10.1 Å². The third kappa shape index (κ3) is 3.05. The third-order valence-electron chi connectivity index (χ3n) is 5.64. The number of hydrogen-bond acceptors (Lipinski definition) is 5. The molecule has 1 aliphatic carbocycles. The van der Waals surface area contributed by atoms with Crippen molar-refractivity contribution < 1.29 is 4.74 Å². The molecule has 3 aromatic rings. The molecule has 5 rings (SSSR count). The molecule has 6 nitrogen and oxygen atoms in total. The van der Waals surface area contributed by atoms with Crippen molar-refractivity contribution in [2.75, 3.05) is 13.2 Å². The molecular weight excluding hydrogens is 340 g/mol. The van der Waals surface area contributed by atoms with Crippen LogP contribution in [0.1, 0.15) is 29.3 Å². The van der Waals surface area contributed by atoms with Gasteiger partial charge in [-0.15, -0.1) is 0 Å². The number of aromatic nitrogens is 3. The van der Waals surface area contributed by atoms with Crippen molar-refractivity contribution >= 4 is 10.9 Å². The Hall–Kier alpha value is -2.57. The zero-order chi connectivity index (χ0) is 18.2. The van der Waals surface area contributed by atoms with Crippen LogP contribution in [-0.4, -0.2) is 34.0 Å². The van der Waals surface area contributed by atoms with E-state index < -0.39 is 0 Å². The normalized spacial score (nSPS) is 21.6. The number of aryl methyl sites for hydroxylation is 2. The Kier molecular flexibility index (Phi) is 4.22. The van der Waals surface area contributed by atoms with E-state index in [9.17, 15) is 4.79 Å². The van der Waals surface area contributed by atoms with Gasteiger partial charge in [0.15, 0.2) is 0 Å². The average Bonchev–Trinajstić information content (AvgIpc) is 3.34. The molecular formula is C21H22N4O2. The molecule has 1 aliphatic heterocycles. The van der Waals surface area contributed by atoms with Gasteiger partial charge in [-0.1, -0.05) is 18.2 Å². The Balaban J connectivity index is 1.38. The number of ether oxygens (including phenoxy) is 1. The summed E-state index contributed by atoms with van der Waals surface area (Å²) in [5, 5.41) is 9.39. The van der Waals surface area contributed by atoms with Crippen LogP contribution in [0.5, 0.6) is 0 Å². The summed E-state index contributed by atoms with van der Waals surface area (Å²) in [6.07, 6.45) is 4.86. The van der Waals surface area contributed by atoms with Crippen molar-refractivity contribution in [2.45, 2.75) is 37.9 Å². The van der Waals surface area contributed by atoms with E-state index in [1.54, 1.807) is 10.7 Å². The van der Waals surface area contributed by atoms with Crippen LogP contribution in [0.3, 0.4) is 0 Å².